The Kier molecular flexibility index (Phi) is 7.98. The Balaban J connectivity index is 2.32. The van der Waals surface area contributed by atoms with Crippen LogP contribution in [-0.2, 0) is 14.9 Å². The van der Waals surface area contributed by atoms with Crippen molar-refractivity contribution in [1.82, 2.24) is 14.3 Å². The van der Waals surface area contributed by atoms with Gasteiger partial charge in [-0.25, -0.2) is 4.72 Å². The summed E-state index contributed by atoms with van der Waals surface area (Å²) >= 11 is 0. The molecular formula is C13H29N3O3S. The molecule has 0 aromatic carbocycles. The van der Waals surface area contributed by atoms with E-state index in [4.69, 9.17) is 4.74 Å². The van der Waals surface area contributed by atoms with Crippen LogP contribution in [0.4, 0.5) is 0 Å². The predicted octanol–water partition coefficient (Wildman–Crippen LogP) is 0.567. The average molecular weight is 307 g/mol. The van der Waals surface area contributed by atoms with E-state index in [1.807, 2.05) is 6.92 Å². The number of ether oxygens (including phenoxy) is 1. The molecule has 0 spiro atoms. The van der Waals surface area contributed by atoms with Crippen molar-refractivity contribution >= 4 is 10.2 Å². The highest BCUT2D eigenvalue weighted by atomic mass is 32.2. The highest BCUT2D eigenvalue weighted by Gasteiger charge is 2.28. The Hall–Kier alpha value is -0.210. The van der Waals surface area contributed by atoms with Gasteiger partial charge in [-0.15, -0.1) is 0 Å². The third-order valence-corrected chi connectivity index (χ3v) is 5.30. The van der Waals surface area contributed by atoms with Crippen molar-refractivity contribution in [2.75, 3.05) is 39.8 Å². The molecule has 0 aromatic rings. The number of rotatable bonds is 10. The van der Waals surface area contributed by atoms with Crippen LogP contribution >= 0.6 is 0 Å². The van der Waals surface area contributed by atoms with Crippen LogP contribution in [0.3, 0.4) is 0 Å². The van der Waals surface area contributed by atoms with Crippen molar-refractivity contribution in [3.63, 3.8) is 0 Å². The fourth-order valence-corrected chi connectivity index (χ4v) is 3.44. The van der Waals surface area contributed by atoms with Crippen LogP contribution in [0.1, 0.15) is 33.1 Å². The van der Waals surface area contributed by atoms with Gasteiger partial charge in [0.05, 0.1) is 6.10 Å². The first-order chi connectivity index (χ1) is 9.51. The Morgan fingerprint density at radius 2 is 2.10 bits per heavy atom. The Labute approximate surface area is 123 Å². The van der Waals surface area contributed by atoms with Gasteiger partial charge in [-0.05, 0) is 32.4 Å². The third kappa shape index (κ3) is 5.65. The van der Waals surface area contributed by atoms with E-state index in [1.54, 1.807) is 7.05 Å². The first kappa shape index (κ1) is 17.8. The summed E-state index contributed by atoms with van der Waals surface area (Å²) < 4.78 is 33.9. The molecule has 1 aliphatic heterocycles. The van der Waals surface area contributed by atoms with Crippen LogP contribution in [0.2, 0.25) is 0 Å². The molecule has 7 heteroatoms. The molecule has 1 heterocycles. The van der Waals surface area contributed by atoms with Crippen LogP contribution in [0, 0.1) is 5.92 Å². The molecule has 2 unspecified atom stereocenters. The predicted molar refractivity (Wildman–Crippen MR) is 80.9 cm³/mol. The molecule has 120 valence electrons. The standard InChI is InChI=1S/C13H29N3O3S/c1-4-13-12(7-10-19-13)11-15-20(17,18)16(3)9-6-8-14-5-2/h12-15H,4-11H2,1-3H3. The summed E-state index contributed by atoms with van der Waals surface area (Å²) in [5.74, 6) is 0.296. The van der Waals surface area contributed by atoms with Crippen molar-refractivity contribution in [2.45, 2.75) is 39.2 Å². The van der Waals surface area contributed by atoms with Gasteiger partial charge in [-0.3, -0.25) is 0 Å². The molecular weight excluding hydrogens is 278 g/mol. The molecule has 2 atom stereocenters. The van der Waals surface area contributed by atoms with Crippen LogP contribution in [-0.4, -0.2) is 58.7 Å². The molecule has 20 heavy (non-hydrogen) atoms. The maximum Gasteiger partial charge on any atom is 0.279 e. The van der Waals surface area contributed by atoms with Crippen LogP contribution in [0.5, 0.6) is 0 Å². The molecule has 0 amide bonds. The molecule has 0 saturated carbocycles. The summed E-state index contributed by atoms with van der Waals surface area (Å²) in [5, 5.41) is 3.19. The quantitative estimate of drug-likeness (QED) is 0.579. The second-order valence-corrected chi connectivity index (χ2v) is 7.11. The van der Waals surface area contributed by atoms with Gasteiger partial charge in [0.25, 0.3) is 10.2 Å². The lowest BCUT2D eigenvalue weighted by Gasteiger charge is -2.21. The van der Waals surface area contributed by atoms with Gasteiger partial charge in [0.1, 0.15) is 0 Å². The lowest BCUT2D eigenvalue weighted by Crippen LogP contribution is -2.42. The van der Waals surface area contributed by atoms with Gasteiger partial charge >= 0.3 is 0 Å². The minimum Gasteiger partial charge on any atom is -0.378 e. The van der Waals surface area contributed by atoms with Gasteiger partial charge in [-0.1, -0.05) is 13.8 Å². The summed E-state index contributed by atoms with van der Waals surface area (Å²) in [5.41, 5.74) is 0. The number of nitrogens with zero attached hydrogens (tertiary/aromatic N) is 1. The molecule has 0 radical (unpaired) electrons. The number of nitrogens with one attached hydrogen (secondary N) is 2. The highest BCUT2D eigenvalue weighted by molar-refractivity contribution is 7.87. The van der Waals surface area contributed by atoms with Gasteiger partial charge in [0.15, 0.2) is 0 Å². The second-order valence-electron chi connectivity index (χ2n) is 5.25. The van der Waals surface area contributed by atoms with Crippen molar-refractivity contribution in [1.29, 1.82) is 0 Å². The van der Waals surface area contributed by atoms with Gasteiger partial charge < -0.3 is 10.1 Å². The Bertz CT molecular complexity index is 362. The maximum atomic E-state index is 12.1. The van der Waals surface area contributed by atoms with E-state index in [2.05, 4.69) is 17.0 Å². The molecule has 1 saturated heterocycles. The summed E-state index contributed by atoms with van der Waals surface area (Å²) in [6, 6.07) is 0. The monoisotopic (exact) mass is 307 g/mol. The minimum atomic E-state index is -3.37. The topological polar surface area (TPSA) is 70.7 Å². The van der Waals surface area contributed by atoms with Gasteiger partial charge in [-0.2, -0.15) is 12.7 Å². The Morgan fingerprint density at radius 1 is 1.35 bits per heavy atom. The van der Waals surface area contributed by atoms with Crippen molar-refractivity contribution in [3.05, 3.63) is 0 Å². The molecule has 6 nitrogen and oxygen atoms in total. The zero-order chi connectivity index (χ0) is 15.0. The third-order valence-electron chi connectivity index (χ3n) is 3.76. The van der Waals surface area contributed by atoms with E-state index in [-0.39, 0.29) is 6.10 Å². The van der Waals surface area contributed by atoms with Crippen molar-refractivity contribution in [3.8, 4) is 0 Å². The number of hydrogen-bond acceptors (Lipinski definition) is 4. The fourth-order valence-electron chi connectivity index (χ4n) is 2.42. The summed E-state index contributed by atoms with van der Waals surface area (Å²) in [6.07, 6.45) is 2.88. The lowest BCUT2D eigenvalue weighted by molar-refractivity contribution is 0.0884. The van der Waals surface area contributed by atoms with Crippen LogP contribution < -0.4 is 10.0 Å². The van der Waals surface area contributed by atoms with Crippen molar-refractivity contribution < 1.29 is 13.2 Å². The first-order valence-electron chi connectivity index (χ1n) is 7.54. The average Bonchev–Trinajstić information content (AvgIpc) is 2.88. The van der Waals surface area contributed by atoms with Gasteiger partial charge in [0.2, 0.25) is 0 Å². The van der Waals surface area contributed by atoms with Crippen LogP contribution in [0.25, 0.3) is 0 Å². The normalized spacial score (nSPS) is 23.6. The van der Waals surface area contributed by atoms with Crippen molar-refractivity contribution in [2.24, 2.45) is 5.92 Å². The lowest BCUT2D eigenvalue weighted by atomic mass is 10.0. The number of hydrogen-bond donors (Lipinski definition) is 2. The zero-order valence-corrected chi connectivity index (χ0v) is 13.7. The molecule has 2 N–H and O–H groups in total. The molecule has 0 aromatic heterocycles. The molecule has 0 aliphatic carbocycles. The van der Waals surface area contributed by atoms with E-state index < -0.39 is 10.2 Å². The largest absolute Gasteiger partial charge is 0.378 e. The fraction of sp³-hybridized carbons (Fsp3) is 1.00. The molecule has 1 fully saturated rings. The zero-order valence-electron chi connectivity index (χ0n) is 12.9. The molecule has 1 aliphatic rings. The van der Waals surface area contributed by atoms with Crippen LogP contribution in [0.15, 0.2) is 0 Å². The SMILES string of the molecule is CCNCCCN(C)S(=O)(=O)NCC1CCOC1CC. The summed E-state index contributed by atoms with van der Waals surface area (Å²) in [7, 11) is -1.74. The minimum absolute atomic E-state index is 0.191. The molecule has 1 rings (SSSR count). The van der Waals surface area contributed by atoms with E-state index in [0.717, 1.165) is 39.0 Å². The summed E-state index contributed by atoms with van der Waals surface area (Å²) in [6.45, 7) is 7.60. The summed E-state index contributed by atoms with van der Waals surface area (Å²) in [4.78, 5) is 0. The van der Waals surface area contributed by atoms with E-state index in [1.165, 1.54) is 4.31 Å². The second kappa shape index (κ2) is 8.94. The van der Waals surface area contributed by atoms with E-state index in [9.17, 15) is 8.42 Å². The maximum absolute atomic E-state index is 12.1. The molecule has 0 bridgehead atoms. The highest BCUT2D eigenvalue weighted by Crippen LogP contribution is 2.22. The first-order valence-corrected chi connectivity index (χ1v) is 8.98. The van der Waals surface area contributed by atoms with E-state index >= 15 is 0 Å². The van der Waals surface area contributed by atoms with E-state index in [0.29, 0.717) is 19.0 Å². The Morgan fingerprint density at radius 3 is 2.75 bits per heavy atom. The smallest absolute Gasteiger partial charge is 0.279 e. The van der Waals surface area contributed by atoms with Gasteiger partial charge in [0, 0.05) is 32.7 Å².